The molecule has 0 amide bonds. The third kappa shape index (κ3) is 6.63. The Labute approximate surface area is 235 Å². The van der Waals surface area contributed by atoms with Gasteiger partial charge in [0.2, 0.25) is 5.75 Å². The van der Waals surface area contributed by atoms with Gasteiger partial charge >= 0.3 is 12.5 Å². The van der Waals surface area contributed by atoms with Gasteiger partial charge in [-0.05, 0) is 53.5 Å². The minimum absolute atomic E-state index is 0.0330. The van der Waals surface area contributed by atoms with Gasteiger partial charge in [-0.25, -0.2) is 17.6 Å². The van der Waals surface area contributed by atoms with Crippen LogP contribution in [0.2, 0.25) is 0 Å². The largest absolute Gasteiger partial charge is 0.573 e. The molecule has 0 aromatic heterocycles. The maximum absolute atomic E-state index is 14.8. The van der Waals surface area contributed by atoms with Crippen LogP contribution < -0.4 is 9.47 Å². The van der Waals surface area contributed by atoms with Gasteiger partial charge in [0.1, 0.15) is 22.9 Å². The third-order valence-corrected chi connectivity index (χ3v) is 7.76. The van der Waals surface area contributed by atoms with Gasteiger partial charge in [0.05, 0.1) is 12.7 Å². The molecule has 3 aromatic carbocycles. The SMILES string of the molecule is Fc1cc(OC(F)(F)c2c(F)cc(-c3ccc(C4CCC(C5CCCC5)CO4)cc3)cc2F)cc(F)c1OC(F)(F)F. The summed E-state index contributed by atoms with van der Waals surface area (Å²) in [6, 6.07) is 7.88. The molecular formula is C30H25F9O3. The Hall–Kier alpha value is -3.41. The molecular weight excluding hydrogens is 579 g/mol. The molecule has 1 saturated heterocycles. The van der Waals surface area contributed by atoms with Crippen molar-refractivity contribution in [1.82, 2.24) is 0 Å². The first-order valence-electron chi connectivity index (χ1n) is 13.3. The van der Waals surface area contributed by atoms with Crippen molar-refractivity contribution in [2.45, 2.75) is 57.1 Å². The first-order valence-corrected chi connectivity index (χ1v) is 13.3. The molecule has 2 fully saturated rings. The lowest BCUT2D eigenvalue weighted by molar-refractivity contribution is -0.276. The van der Waals surface area contributed by atoms with Gasteiger partial charge in [-0.1, -0.05) is 49.9 Å². The maximum atomic E-state index is 14.8. The third-order valence-electron chi connectivity index (χ3n) is 7.76. The maximum Gasteiger partial charge on any atom is 0.573 e. The summed E-state index contributed by atoms with van der Waals surface area (Å²) in [7, 11) is 0. The molecule has 1 aliphatic heterocycles. The molecule has 0 spiro atoms. The Morgan fingerprint density at radius 2 is 1.24 bits per heavy atom. The van der Waals surface area contributed by atoms with E-state index in [9.17, 15) is 39.5 Å². The molecule has 12 heteroatoms. The van der Waals surface area contributed by atoms with Crippen LogP contribution in [0.15, 0.2) is 48.5 Å². The van der Waals surface area contributed by atoms with Crippen LogP contribution in [0.1, 0.15) is 55.8 Å². The van der Waals surface area contributed by atoms with E-state index in [0.29, 0.717) is 36.1 Å². The minimum atomic E-state index is -5.47. The van der Waals surface area contributed by atoms with Crippen molar-refractivity contribution >= 4 is 0 Å². The molecule has 1 aliphatic carbocycles. The standard InChI is InChI=1S/C30H25F9O3/c31-22-11-20(17-5-7-18(8-6-17)26-10-9-19(15-40-26)16-3-1-2-4-16)12-23(32)27(22)29(35,36)41-21-13-24(33)28(25(34)14-21)42-30(37,38)39/h5-8,11-14,16,19,26H,1-4,9-10,15H2. The lowest BCUT2D eigenvalue weighted by Gasteiger charge is -2.32. The number of hydrogen-bond donors (Lipinski definition) is 0. The second-order valence-corrected chi connectivity index (χ2v) is 10.5. The second kappa shape index (κ2) is 11.7. The molecule has 3 aromatic rings. The Bertz CT molecular complexity index is 1360. The van der Waals surface area contributed by atoms with Crippen molar-refractivity contribution in [2.75, 3.05) is 6.61 Å². The van der Waals surface area contributed by atoms with E-state index in [4.69, 9.17) is 4.74 Å². The molecule has 226 valence electrons. The molecule has 2 aliphatic rings. The van der Waals surface area contributed by atoms with E-state index in [1.807, 2.05) is 0 Å². The van der Waals surface area contributed by atoms with Crippen LogP contribution in [0.25, 0.3) is 11.1 Å². The summed E-state index contributed by atoms with van der Waals surface area (Å²) >= 11 is 0. The second-order valence-electron chi connectivity index (χ2n) is 10.5. The van der Waals surface area contributed by atoms with Crippen molar-refractivity contribution < 1.29 is 53.7 Å². The number of ether oxygens (including phenoxy) is 3. The number of halogens is 9. The van der Waals surface area contributed by atoms with E-state index in [2.05, 4.69) is 9.47 Å². The van der Waals surface area contributed by atoms with Gasteiger partial charge in [0, 0.05) is 12.1 Å². The zero-order chi connectivity index (χ0) is 30.2. The summed E-state index contributed by atoms with van der Waals surface area (Å²) in [6.07, 6.45) is -3.48. The molecule has 2 atom stereocenters. The highest BCUT2D eigenvalue weighted by atomic mass is 19.4. The summed E-state index contributed by atoms with van der Waals surface area (Å²) in [5.41, 5.74) is -0.706. The van der Waals surface area contributed by atoms with Gasteiger partial charge < -0.3 is 14.2 Å². The van der Waals surface area contributed by atoms with E-state index in [0.717, 1.165) is 18.4 Å². The zero-order valence-electron chi connectivity index (χ0n) is 21.9. The fraction of sp³-hybridized carbons (Fsp3) is 0.400. The fourth-order valence-corrected chi connectivity index (χ4v) is 5.75. The Kier molecular flexibility index (Phi) is 8.37. The predicted molar refractivity (Wildman–Crippen MR) is 133 cm³/mol. The first kappa shape index (κ1) is 30.1. The predicted octanol–water partition coefficient (Wildman–Crippen LogP) is 9.59. The van der Waals surface area contributed by atoms with E-state index in [1.54, 1.807) is 24.3 Å². The molecule has 0 radical (unpaired) electrons. The topological polar surface area (TPSA) is 27.7 Å². The smallest absolute Gasteiger partial charge is 0.429 e. The molecule has 1 heterocycles. The van der Waals surface area contributed by atoms with Crippen LogP contribution in [0.4, 0.5) is 39.5 Å². The zero-order valence-corrected chi connectivity index (χ0v) is 21.9. The van der Waals surface area contributed by atoms with Crippen LogP contribution in [-0.4, -0.2) is 13.0 Å². The Morgan fingerprint density at radius 3 is 1.76 bits per heavy atom. The van der Waals surface area contributed by atoms with Gasteiger partial charge in [0.25, 0.3) is 0 Å². The average Bonchev–Trinajstić information content (AvgIpc) is 3.45. The van der Waals surface area contributed by atoms with Crippen LogP contribution in [0.5, 0.6) is 11.5 Å². The lowest BCUT2D eigenvalue weighted by atomic mass is 9.84. The molecule has 1 saturated carbocycles. The normalized spacial score (nSPS) is 20.1. The number of benzene rings is 3. The number of alkyl halides is 5. The van der Waals surface area contributed by atoms with Gasteiger partial charge in [-0.2, -0.15) is 8.78 Å². The van der Waals surface area contributed by atoms with Crippen molar-refractivity contribution in [3.05, 3.63) is 82.9 Å². The monoisotopic (exact) mass is 604 g/mol. The lowest BCUT2D eigenvalue weighted by Crippen LogP contribution is -2.25. The van der Waals surface area contributed by atoms with E-state index >= 15 is 0 Å². The van der Waals surface area contributed by atoms with Crippen LogP contribution >= 0.6 is 0 Å². The molecule has 0 N–H and O–H groups in total. The van der Waals surface area contributed by atoms with Gasteiger partial charge in [0.15, 0.2) is 11.6 Å². The molecule has 2 unspecified atom stereocenters. The van der Waals surface area contributed by atoms with Crippen molar-refractivity contribution in [3.63, 3.8) is 0 Å². The van der Waals surface area contributed by atoms with Crippen LogP contribution in [-0.2, 0) is 10.8 Å². The van der Waals surface area contributed by atoms with Crippen molar-refractivity contribution in [2.24, 2.45) is 11.8 Å². The summed E-state index contributed by atoms with van der Waals surface area (Å²) in [5.74, 6) is -9.46. The van der Waals surface area contributed by atoms with E-state index < -0.39 is 52.8 Å². The molecule has 3 nitrogen and oxygen atoms in total. The van der Waals surface area contributed by atoms with Gasteiger partial charge in [-0.15, -0.1) is 13.2 Å². The number of hydrogen-bond acceptors (Lipinski definition) is 3. The van der Waals surface area contributed by atoms with E-state index in [-0.39, 0.29) is 23.8 Å². The quantitative estimate of drug-likeness (QED) is 0.252. The highest BCUT2D eigenvalue weighted by Crippen LogP contribution is 2.41. The fourth-order valence-electron chi connectivity index (χ4n) is 5.75. The molecule has 42 heavy (non-hydrogen) atoms. The van der Waals surface area contributed by atoms with Crippen LogP contribution in [0, 0.1) is 35.1 Å². The Balaban J connectivity index is 1.29. The summed E-state index contributed by atoms with van der Waals surface area (Å²) in [5, 5.41) is 0. The first-order chi connectivity index (χ1) is 19.8. The van der Waals surface area contributed by atoms with Gasteiger partial charge in [-0.3, -0.25) is 0 Å². The minimum Gasteiger partial charge on any atom is -0.429 e. The van der Waals surface area contributed by atoms with Crippen molar-refractivity contribution in [1.29, 1.82) is 0 Å². The highest BCUT2D eigenvalue weighted by Gasteiger charge is 2.42. The molecule has 0 bridgehead atoms. The Morgan fingerprint density at radius 1 is 0.643 bits per heavy atom. The summed E-state index contributed by atoms with van der Waals surface area (Å²) in [6.45, 7) is 0.677. The summed E-state index contributed by atoms with van der Waals surface area (Å²) in [4.78, 5) is 0. The number of rotatable bonds is 7. The average molecular weight is 605 g/mol. The molecule has 5 rings (SSSR count). The summed E-state index contributed by atoms with van der Waals surface area (Å²) < 4.78 is 137. The van der Waals surface area contributed by atoms with E-state index in [1.165, 1.54) is 25.7 Å². The van der Waals surface area contributed by atoms with Crippen molar-refractivity contribution in [3.8, 4) is 22.6 Å². The highest BCUT2D eigenvalue weighted by molar-refractivity contribution is 5.64. The van der Waals surface area contributed by atoms with Crippen LogP contribution in [0.3, 0.4) is 0 Å².